The molecule has 3 rings (SSSR count). The molecule has 1 saturated carbocycles. The molecular weight excluding hydrogens is 268 g/mol. The second-order valence-corrected chi connectivity index (χ2v) is 4.53. The van der Waals surface area contributed by atoms with Gasteiger partial charge in [0.2, 0.25) is 11.9 Å². The zero-order valence-corrected chi connectivity index (χ0v) is 10.2. The van der Waals surface area contributed by atoms with E-state index in [0.717, 1.165) is 0 Å². The SMILES string of the molecule is O=C(NNc1ncn[nH]1)C1CC1c1c(F)cccc1F. The molecule has 0 radical (unpaired) electrons. The number of rotatable bonds is 4. The van der Waals surface area contributed by atoms with Gasteiger partial charge in [-0.15, -0.1) is 0 Å². The van der Waals surface area contributed by atoms with Crippen molar-refractivity contribution in [3.05, 3.63) is 41.7 Å². The van der Waals surface area contributed by atoms with Gasteiger partial charge in [-0.2, -0.15) is 10.1 Å². The average Bonchev–Trinajstić information content (AvgIpc) is 3.02. The van der Waals surface area contributed by atoms with Crippen LogP contribution >= 0.6 is 0 Å². The maximum Gasteiger partial charge on any atom is 0.242 e. The molecule has 1 aromatic heterocycles. The van der Waals surface area contributed by atoms with E-state index < -0.39 is 23.5 Å². The van der Waals surface area contributed by atoms with Crippen LogP contribution in [-0.2, 0) is 4.79 Å². The molecule has 1 amide bonds. The van der Waals surface area contributed by atoms with E-state index in [-0.39, 0.29) is 17.4 Å². The summed E-state index contributed by atoms with van der Waals surface area (Å²) >= 11 is 0. The van der Waals surface area contributed by atoms with Crippen molar-refractivity contribution in [3.63, 3.8) is 0 Å². The van der Waals surface area contributed by atoms with Gasteiger partial charge in [0.1, 0.15) is 18.0 Å². The number of hydrogen-bond acceptors (Lipinski definition) is 4. The number of H-pyrrole nitrogens is 1. The molecule has 0 bridgehead atoms. The number of aromatic nitrogens is 3. The van der Waals surface area contributed by atoms with Crippen molar-refractivity contribution in [1.29, 1.82) is 0 Å². The summed E-state index contributed by atoms with van der Waals surface area (Å²) in [5.74, 6) is -2.16. The number of nitrogens with zero attached hydrogens (tertiary/aromatic N) is 2. The number of carbonyl (C=O) groups excluding carboxylic acids is 1. The lowest BCUT2D eigenvalue weighted by Gasteiger charge is -2.06. The van der Waals surface area contributed by atoms with Gasteiger partial charge in [-0.3, -0.25) is 15.6 Å². The highest BCUT2D eigenvalue weighted by molar-refractivity contribution is 5.83. The Kier molecular flexibility index (Phi) is 3.05. The molecule has 3 N–H and O–H groups in total. The first-order valence-corrected chi connectivity index (χ1v) is 6.02. The van der Waals surface area contributed by atoms with Gasteiger partial charge in [0.05, 0.1) is 0 Å². The number of aromatic amines is 1. The monoisotopic (exact) mass is 279 g/mol. The molecule has 0 aliphatic heterocycles. The van der Waals surface area contributed by atoms with Crippen molar-refractivity contribution in [2.75, 3.05) is 5.43 Å². The predicted molar refractivity (Wildman–Crippen MR) is 65.4 cm³/mol. The van der Waals surface area contributed by atoms with E-state index in [1.54, 1.807) is 0 Å². The second kappa shape index (κ2) is 4.87. The largest absolute Gasteiger partial charge is 0.273 e. The van der Waals surface area contributed by atoms with Crippen LogP contribution in [-0.4, -0.2) is 21.1 Å². The summed E-state index contributed by atoms with van der Waals surface area (Å²) in [7, 11) is 0. The van der Waals surface area contributed by atoms with E-state index in [0.29, 0.717) is 6.42 Å². The fourth-order valence-corrected chi connectivity index (χ4v) is 2.15. The molecule has 1 aliphatic carbocycles. The molecule has 0 saturated heterocycles. The van der Waals surface area contributed by atoms with E-state index in [1.165, 1.54) is 24.5 Å². The number of halogens is 2. The Balaban J connectivity index is 1.62. The molecule has 104 valence electrons. The summed E-state index contributed by atoms with van der Waals surface area (Å²) in [4.78, 5) is 15.6. The minimum Gasteiger partial charge on any atom is -0.273 e. The quantitative estimate of drug-likeness (QED) is 0.737. The topological polar surface area (TPSA) is 82.7 Å². The second-order valence-electron chi connectivity index (χ2n) is 4.53. The lowest BCUT2D eigenvalue weighted by Crippen LogP contribution is -2.31. The number of nitrogens with one attached hydrogen (secondary N) is 3. The van der Waals surface area contributed by atoms with Crippen LogP contribution in [0.1, 0.15) is 17.9 Å². The third kappa shape index (κ3) is 2.31. The fourth-order valence-electron chi connectivity index (χ4n) is 2.15. The Hall–Kier alpha value is -2.51. The third-order valence-electron chi connectivity index (χ3n) is 3.22. The van der Waals surface area contributed by atoms with E-state index in [2.05, 4.69) is 26.0 Å². The first-order valence-electron chi connectivity index (χ1n) is 6.02. The Morgan fingerprint density at radius 1 is 1.35 bits per heavy atom. The third-order valence-corrected chi connectivity index (χ3v) is 3.22. The number of anilines is 1. The van der Waals surface area contributed by atoms with Crippen LogP contribution in [0.3, 0.4) is 0 Å². The van der Waals surface area contributed by atoms with Crippen LogP contribution in [0.25, 0.3) is 0 Å². The number of hydrogen-bond donors (Lipinski definition) is 3. The summed E-state index contributed by atoms with van der Waals surface area (Å²) in [5.41, 5.74) is 4.93. The lowest BCUT2D eigenvalue weighted by molar-refractivity contribution is -0.121. The molecule has 1 fully saturated rings. The van der Waals surface area contributed by atoms with Crippen molar-refractivity contribution < 1.29 is 13.6 Å². The van der Waals surface area contributed by atoms with E-state index in [1.807, 2.05) is 0 Å². The Morgan fingerprint density at radius 3 is 2.75 bits per heavy atom. The predicted octanol–water partition coefficient (Wildman–Crippen LogP) is 1.33. The molecule has 1 aromatic carbocycles. The fraction of sp³-hybridized carbons (Fsp3) is 0.250. The molecule has 20 heavy (non-hydrogen) atoms. The molecule has 2 unspecified atom stereocenters. The van der Waals surface area contributed by atoms with E-state index >= 15 is 0 Å². The summed E-state index contributed by atoms with van der Waals surface area (Å²) < 4.78 is 27.2. The molecule has 6 nitrogen and oxygen atoms in total. The minimum atomic E-state index is -0.617. The zero-order valence-electron chi connectivity index (χ0n) is 10.2. The van der Waals surface area contributed by atoms with Crippen LogP contribution < -0.4 is 10.9 Å². The van der Waals surface area contributed by atoms with Crippen molar-refractivity contribution in [1.82, 2.24) is 20.6 Å². The molecule has 1 aliphatic rings. The van der Waals surface area contributed by atoms with E-state index in [4.69, 9.17) is 0 Å². The number of hydrazine groups is 1. The average molecular weight is 279 g/mol. The van der Waals surface area contributed by atoms with Crippen molar-refractivity contribution >= 4 is 11.9 Å². The zero-order chi connectivity index (χ0) is 14.1. The van der Waals surface area contributed by atoms with Crippen LogP contribution in [0.5, 0.6) is 0 Å². The van der Waals surface area contributed by atoms with Gasteiger partial charge in [-0.05, 0) is 18.6 Å². The van der Waals surface area contributed by atoms with Gasteiger partial charge in [0.15, 0.2) is 0 Å². The molecule has 0 spiro atoms. The Bertz CT molecular complexity index is 611. The van der Waals surface area contributed by atoms with Crippen molar-refractivity contribution in [3.8, 4) is 0 Å². The highest BCUT2D eigenvalue weighted by Gasteiger charge is 2.46. The van der Waals surface area contributed by atoms with Gasteiger partial charge < -0.3 is 0 Å². The molecule has 1 heterocycles. The molecule has 2 aromatic rings. The highest BCUT2D eigenvalue weighted by atomic mass is 19.1. The Labute approximate surface area is 112 Å². The summed E-state index contributed by atoms with van der Waals surface area (Å²) in [6.07, 6.45) is 1.70. The van der Waals surface area contributed by atoms with Crippen LogP contribution in [0.15, 0.2) is 24.5 Å². The summed E-state index contributed by atoms with van der Waals surface area (Å²) in [6.45, 7) is 0. The summed E-state index contributed by atoms with van der Waals surface area (Å²) in [5, 5.41) is 6.10. The van der Waals surface area contributed by atoms with Crippen molar-refractivity contribution in [2.45, 2.75) is 12.3 Å². The first kappa shape index (κ1) is 12.5. The van der Waals surface area contributed by atoms with Gasteiger partial charge in [-0.25, -0.2) is 13.9 Å². The normalized spacial score (nSPS) is 20.5. The number of amides is 1. The van der Waals surface area contributed by atoms with Gasteiger partial charge >= 0.3 is 0 Å². The summed E-state index contributed by atoms with van der Waals surface area (Å²) in [6, 6.07) is 3.69. The number of carbonyl (C=O) groups is 1. The smallest absolute Gasteiger partial charge is 0.242 e. The van der Waals surface area contributed by atoms with Crippen LogP contribution in [0.2, 0.25) is 0 Å². The lowest BCUT2D eigenvalue weighted by atomic mass is 10.1. The molecule has 2 atom stereocenters. The van der Waals surface area contributed by atoms with E-state index in [9.17, 15) is 13.6 Å². The maximum atomic E-state index is 13.6. The highest BCUT2D eigenvalue weighted by Crippen LogP contribution is 2.49. The van der Waals surface area contributed by atoms with Gasteiger partial charge in [-0.1, -0.05) is 6.07 Å². The molecular formula is C12H11F2N5O. The van der Waals surface area contributed by atoms with Crippen molar-refractivity contribution in [2.24, 2.45) is 5.92 Å². The van der Waals surface area contributed by atoms with Crippen LogP contribution in [0.4, 0.5) is 14.7 Å². The maximum absolute atomic E-state index is 13.6. The molecule has 8 heteroatoms. The standard InChI is InChI=1S/C12H11F2N5O/c13-8-2-1-3-9(14)10(8)6-4-7(6)11(20)17-19-12-15-5-16-18-12/h1-3,5-7H,4H2,(H,17,20)(H2,15,16,18,19). The van der Waals surface area contributed by atoms with Crippen LogP contribution in [0, 0.1) is 17.6 Å². The van der Waals surface area contributed by atoms with Gasteiger partial charge in [0.25, 0.3) is 0 Å². The Morgan fingerprint density at radius 2 is 2.10 bits per heavy atom. The van der Waals surface area contributed by atoms with Gasteiger partial charge in [0, 0.05) is 17.4 Å². The minimum absolute atomic E-state index is 0.0210. The first-order chi connectivity index (χ1) is 9.66. The number of benzene rings is 1.